The van der Waals surface area contributed by atoms with Crippen molar-refractivity contribution in [2.75, 3.05) is 0 Å². The van der Waals surface area contributed by atoms with Crippen molar-refractivity contribution in [3.05, 3.63) is 77.3 Å². The van der Waals surface area contributed by atoms with Gasteiger partial charge in [-0.15, -0.1) is 11.3 Å². The average molecular weight is 369 g/mol. The summed E-state index contributed by atoms with van der Waals surface area (Å²) in [4.78, 5) is 22.2. The van der Waals surface area contributed by atoms with Crippen molar-refractivity contribution in [1.82, 2.24) is 24.3 Å². The van der Waals surface area contributed by atoms with Gasteiger partial charge in [-0.1, -0.05) is 12.1 Å². The SMILES string of the molecule is Cn1ccnc1[C@H](NC(=O)Cc1cn2ccsc2n1)c1cccc(F)c1. The summed E-state index contributed by atoms with van der Waals surface area (Å²) in [6.07, 6.45) is 7.32. The number of nitrogens with zero attached hydrogens (tertiary/aromatic N) is 4. The van der Waals surface area contributed by atoms with Crippen LogP contribution in [0.25, 0.3) is 4.96 Å². The van der Waals surface area contributed by atoms with Crippen molar-refractivity contribution in [3.8, 4) is 0 Å². The summed E-state index contributed by atoms with van der Waals surface area (Å²) in [6, 6.07) is 5.64. The van der Waals surface area contributed by atoms with E-state index in [-0.39, 0.29) is 18.1 Å². The van der Waals surface area contributed by atoms with Crippen LogP contribution in [0.15, 0.2) is 54.4 Å². The highest BCUT2D eigenvalue weighted by Gasteiger charge is 2.21. The highest BCUT2D eigenvalue weighted by molar-refractivity contribution is 7.15. The van der Waals surface area contributed by atoms with E-state index in [4.69, 9.17) is 0 Å². The van der Waals surface area contributed by atoms with Crippen LogP contribution >= 0.6 is 11.3 Å². The second kappa shape index (κ2) is 6.72. The third-order valence-corrected chi connectivity index (χ3v) is 4.86. The summed E-state index contributed by atoms with van der Waals surface area (Å²) in [7, 11) is 1.84. The topological polar surface area (TPSA) is 64.2 Å². The van der Waals surface area contributed by atoms with Crippen molar-refractivity contribution >= 4 is 22.2 Å². The van der Waals surface area contributed by atoms with Crippen LogP contribution < -0.4 is 5.32 Å². The predicted octanol–water partition coefficient (Wildman–Crippen LogP) is 2.72. The molecule has 1 aromatic carbocycles. The summed E-state index contributed by atoms with van der Waals surface area (Å²) in [5.74, 6) is 0.0769. The Hall–Kier alpha value is -3.00. The molecule has 4 rings (SSSR count). The molecule has 1 N–H and O–H groups in total. The molecular weight excluding hydrogens is 353 g/mol. The van der Waals surface area contributed by atoms with Crippen LogP contribution in [-0.4, -0.2) is 24.8 Å². The summed E-state index contributed by atoms with van der Waals surface area (Å²) in [5.41, 5.74) is 1.32. The fraction of sp³-hybridized carbons (Fsp3) is 0.167. The number of aryl methyl sites for hydroxylation is 1. The Kier molecular flexibility index (Phi) is 4.26. The summed E-state index contributed by atoms with van der Waals surface area (Å²) in [6.45, 7) is 0. The standard InChI is InChI=1S/C18H16FN5OS/c1-23-6-5-20-17(23)16(12-3-2-4-13(19)9-12)22-15(25)10-14-11-24-7-8-26-18(24)21-14/h2-9,11,16H,10H2,1H3,(H,22,25)/t16-/m1/s1. The number of aromatic nitrogens is 4. The van der Waals surface area contributed by atoms with Gasteiger partial charge in [0.25, 0.3) is 0 Å². The molecule has 8 heteroatoms. The predicted molar refractivity (Wildman–Crippen MR) is 96.4 cm³/mol. The van der Waals surface area contributed by atoms with Gasteiger partial charge in [-0.25, -0.2) is 14.4 Å². The number of benzene rings is 1. The van der Waals surface area contributed by atoms with Crippen LogP contribution in [0.2, 0.25) is 0 Å². The molecule has 3 heterocycles. The second-order valence-electron chi connectivity index (χ2n) is 5.95. The van der Waals surface area contributed by atoms with E-state index in [0.29, 0.717) is 17.1 Å². The largest absolute Gasteiger partial charge is 0.342 e. The van der Waals surface area contributed by atoms with Crippen LogP contribution in [0.1, 0.15) is 23.1 Å². The van der Waals surface area contributed by atoms with Crippen LogP contribution in [0.3, 0.4) is 0 Å². The molecule has 0 aliphatic carbocycles. The Bertz CT molecular complexity index is 1040. The van der Waals surface area contributed by atoms with Gasteiger partial charge in [0.2, 0.25) is 5.91 Å². The van der Waals surface area contributed by atoms with Gasteiger partial charge in [0, 0.05) is 37.2 Å². The maximum Gasteiger partial charge on any atom is 0.226 e. The Labute approximate surface area is 152 Å². The molecule has 4 aromatic rings. The van der Waals surface area contributed by atoms with E-state index in [1.54, 1.807) is 24.5 Å². The first kappa shape index (κ1) is 16.5. The molecule has 1 atom stereocenters. The van der Waals surface area contributed by atoms with E-state index >= 15 is 0 Å². The van der Waals surface area contributed by atoms with Crippen molar-refractivity contribution in [2.45, 2.75) is 12.5 Å². The smallest absolute Gasteiger partial charge is 0.226 e. The molecule has 0 saturated heterocycles. The number of fused-ring (bicyclic) bond motifs is 1. The molecule has 132 valence electrons. The van der Waals surface area contributed by atoms with Gasteiger partial charge in [-0.05, 0) is 17.7 Å². The van der Waals surface area contributed by atoms with E-state index in [2.05, 4.69) is 15.3 Å². The van der Waals surface area contributed by atoms with Crippen molar-refractivity contribution < 1.29 is 9.18 Å². The molecule has 0 bridgehead atoms. The molecule has 0 unspecified atom stereocenters. The Morgan fingerprint density at radius 1 is 1.38 bits per heavy atom. The van der Waals surface area contributed by atoms with Crippen LogP contribution in [-0.2, 0) is 18.3 Å². The maximum atomic E-state index is 13.7. The number of carbonyl (C=O) groups is 1. The zero-order chi connectivity index (χ0) is 18.1. The number of halogens is 1. The maximum absolute atomic E-state index is 13.7. The summed E-state index contributed by atoms with van der Waals surface area (Å²) in [5, 5.41) is 4.89. The lowest BCUT2D eigenvalue weighted by Crippen LogP contribution is -2.32. The van der Waals surface area contributed by atoms with Gasteiger partial charge in [-0.3, -0.25) is 9.20 Å². The molecule has 6 nitrogen and oxygen atoms in total. The summed E-state index contributed by atoms with van der Waals surface area (Å²) < 4.78 is 17.4. The molecule has 0 spiro atoms. The lowest BCUT2D eigenvalue weighted by atomic mass is 10.1. The molecule has 26 heavy (non-hydrogen) atoms. The highest BCUT2D eigenvalue weighted by atomic mass is 32.1. The normalized spacial score (nSPS) is 12.4. The quantitative estimate of drug-likeness (QED) is 0.588. The third kappa shape index (κ3) is 3.23. The van der Waals surface area contributed by atoms with Crippen LogP contribution in [0.4, 0.5) is 4.39 Å². The number of nitrogens with one attached hydrogen (secondary N) is 1. The van der Waals surface area contributed by atoms with E-state index < -0.39 is 6.04 Å². The minimum absolute atomic E-state index is 0.143. The van der Waals surface area contributed by atoms with Gasteiger partial charge in [0.1, 0.15) is 17.7 Å². The van der Waals surface area contributed by atoms with E-state index in [9.17, 15) is 9.18 Å². The first-order valence-corrected chi connectivity index (χ1v) is 8.91. The molecule has 1 amide bonds. The van der Waals surface area contributed by atoms with Crippen LogP contribution in [0, 0.1) is 5.82 Å². The number of hydrogen-bond acceptors (Lipinski definition) is 4. The number of rotatable bonds is 5. The monoisotopic (exact) mass is 369 g/mol. The van der Waals surface area contributed by atoms with Crippen LogP contribution in [0.5, 0.6) is 0 Å². The number of hydrogen-bond donors (Lipinski definition) is 1. The second-order valence-corrected chi connectivity index (χ2v) is 6.83. The minimum atomic E-state index is -0.540. The lowest BCUT2D eigenvalue weighted by molar-refractivity contribution is -0.121. The molecule has 3 aromatic heterocycles. The Morgan fingerprint density at radius 2 is 2.27 bits per heavy atom. The van der Waals surface area contributed by atoms with Gasteiger partial charge in [0.05, 0.1) is 12.1 Å². The molecule has 0 fully saturated rings. The fourth-order valence-corrected chi connectivity index (χ4v) is 3.60. The van der Waals surface area contributed by atoms with Crippen molar-refractivity contribution in [1.29, 1.82) is 0 Å². The Morgan fingerprint density at radius 3 is 3.00 bits per heavy atom. The van der Waals surface area contributed by atoms with Gasteiger partial charge in [-0.2, -0.15) is 0 Å². The number of imidazole rings is 2. The number of carbonyl (C=O) groups excluding carboxylic acids is 1. The Balaban J connectivity index is 1.58. The van der Waals surface area contributed by atoms with E-state index in [1.165, 1.54) is 23.5 Å². The van der Waals surface area contributed by atoms with Gasteiger partial charge in [0.15, 0.2) is 4.96 Å². The minimum Gasteiger partial charge on any atom is -0.342 e. The molecule has 0 saturated carbocycles. The molecular formula is C18H16FN5OS. The number of thiazole rings is 1. The fourth-order valence-electron chi connectivity index (χ4n) is 2.88. The zero-order valence-corrected chi connectivity index (χ0v) is 14.8. The van der Waals surface area contributed by atoms with Crippen molar-refractivity contribution in [3.63, 3.8) is 0 Å². The molecule has 0 radical (unpaired) electrons. The highest BCUT2D eigenvalue weighted by Crippen LogP contribution is 2.21. The molecule has 0 aliphatic heterocycles. The van der Waals surface area contributed by atoms with Crippen molar-refractivity contribution in [2.24, 2.45) is 7.05 Å². The van der Waals surface area contributed by atoms with E-state index in [0.717, 1.165) is 4.96 Å². The first-order chi connectivity index (χ1) is 12.6. The number of amides is 1. The first-order valence-electron chi connectivity index (χ1n) is 8.03. The van der Waals surface area contributed by atoms with Gasteiger partial charge < -0.3 is 9.88 Å². The van der Waals surface area contributed by atoms with E-state index in [1.807, 2.05) is 33.8 Å². The molecule has 0 aliphatic rings. The average Bonchev–Trinajstić information content (AvgIpc) is 3.29. The van der Waals surface area contributed by atoms with Gasteiger partial charge >= 0.3 is 0 Å². The lowest BCUT2D eigenvalue weighted by Gasteiger charge is -2.19. The summed E-state index contributed by atoms with van der Waals surface area (Å²) >= 11 is 1.51. The third-order valence-electron chi connectivity index (χ3n) is 4.09. The zero-order valence-electron chi connectivity index (χ0n) is 14.0.